The molecule has 0 aliphatic heterocycles. The highest BCUT2D eigenvalue weighted by molar-refractivity contribution is 5.81. The molecule has 0 saturated heterocycles. The molecule has 8 heteroatoms. The van der Waals surface area contributed by atoms with Crippen molar-refractivity contribution in [2.75, 3.05) is 7.05 Å². The number of aliphatic hydroxyl groups is 1. The van der Waals surface area contributed by atoms with E-state index in [0.717, 1.165) is 25.7 Å². The number of ether oxygens (including phenoxy) is 2. The van der Waals surface area contributed by atoms with Crippen LogP contribution in [0.3, 0.4) is 0 Å². The Morgan fingerprint density at radius 2 is 1.56 bits per heavy atom. The van der Waals surface area contributed by atoms with E-state index in [1.807, 2.05) is 38.8 Å². The molecule has 43 heavy (non-hydrogen) atoms. The highest BCUT2D eigenvalue weighted by atomic mass is 19.1. The van der Waals surface area contributed by atoms with Gasteiger partial charge in [0.25, 0.3) is 5.56 Å². The number of rotatable bonds is 7. The average Bonchev–Trinajstić information content (AvgIpc) is 2.91. The molecule has 4 rings (SSSR count). The van der Waals surface area contributed by atoms with Crippen molar-refractivity contribution < 1.29 is 23.8 Å². The van der Waals surface area contributed by atoms with Gasteiger partial charge in [-0.25, -0.2) is 4.39 Å². The molecule has 1 fully saturated rings. The Morgan fingerprint density at radius 3 is 2.12 bits per heavy atom. The first-order valence-electron chi connectivity index (χ1n) is 14.9. The summed E-state index contributed by atoms with van der Waals surface area (Å²) in [6.45, 7) is 12.8. The molecule has 0 spiro atoms. The van der Waals surface area contributed by atoms with Crippen molar-refractivity contribution in [3.05, 3.63) is 75.5 Å². The zero-order chi connectivity index (χ0) is 31.9. The summed E-state index contributed by atoms with van der Waals surface area (Å²) in [6, 6.07) is 9.92. The number of aromatic nitrogens is 1. The first kappa shape index (κ1) is 32.3. The van der Waals surface area contributed by atoms with Gasteiger partial charge in [0.15, 0.2) is 0 Å². The average molecular weight is 593 g/mol. The zero-order valence-electron chi connectivity index (χ0n) is 26.9. The number of carbonyl (C=O) groups is 1. The van der Waals surface area contributed by atoms with E-state index < -0.39 is 11.0 Å². The summed E-state index contributed by atoms with van der Waals surface area (Å²) in [5.74, 6) is 1.24. The van der Waals surface area contributed by atoms with Gasteiger partial charge in [-0.05, 0) is 94.3 Å². The lowest BCUT2D eigenvalue weighted by Crippen LogP contribution is -2.45. The molecule has 1 amide bonds. The second kappa shape index (κ2) is 12.2. The van der Waals surface area contributed by atoms with Crippen LogP contribution in [0.4, 0.5) is 4.39 Å². The second-order valence-electron chi connectivity index (χ2n) is 13.5. The van der Waals surface area contributed by atoms with Gasteiger partial charge in [-0.1, -0.05) is 26.8 Å². The van der Waals surface area contributed by atoms with Gasteiger partial charge in [0, 0.05) is 48.9 Å². The Labute approximate surface area is 254 Å². The van der Waals surface area contributed by atoms with E-state index >= 15 is 0 Å². The molecule has 1 aliphatic carbocycles. The Bertz CT molecular complexity index is 1530. The van der Waals surface area contributed by atoms with E-state index in [0.29, 0.717) is 45.1 Å². The van der Waals surface area contributed by atoms with E-state index in [2.05, 4.69) is 0 Å². The molecule has 0 bridgehead atoms. The van der Waals surface area contributed by atoms with Crippen LogP contribution < -0.4 is 15.0 Å². The maximum atomic E-state index is 14.0. The minimum atomic E-state index is -1.13. The summed E-state index contributed by atoms with van der Waals surface area (Å²) in [6.07, 6.45) is 4.66. The van der Waals surface area contributed by atoms with Crippen LogP contribution in [0.5, 0.6) is 17.2 Å². The van der Waals surface area contributed by atoms with E-state index in [4.69, 9.17) is 9.47 Å². The van der Waals surface area contributed by atoms with Crippen LogP contribution in [0.1, 0.15) is 77.0 Å². The third-order valence-corrected chi connectivity index (χ3v) is 8.25. The fourth-order valence-electron chi connectivity index (χ4n) is 5.72. The number of carbonyl (C=O) groups excluding carboxylic acids is 1. The third-order valence-electron chi connectivity index (χ3n) is 8.25. The van der Waals surface area contributed by atoms with E-state index in [1.165, 1.54) is 22.8 Å². The highest BCUT2D eigenvalue weighted by Crippen LogP contribution is 2.42. The predicted molar refractivity (Wildman–Crippen MR) is 167 cm³/mol. The van der Waals surface area contributed by atoms with Gasteiger partial charge < -0.3 is 24.0 Å². The molecule has 232 valence electrons. The van der Waals surface area contributed by atoms with Gasteiger partial charge in [-0.15, -0.1) is 0 Å². The van der Waals surface area contributed by atoms with Gasteiger partial charge >= 0.3 is 0 Å². The largest absolute Gasteiger partial charge is 0.490 e. The van der Waals surface area contributed by atoms with Crippen LogP contribution in [0.2, 0.25) is 0 Å². The Balaban J connectivity index is 1.71. The van der Waals surface area contributed by atoms with E-state index in [-0.39, 0.29) is 29.4 Å². The summed E-state index contributed by atoms with van der Waals surface area (Å²) < 4.78 is 28.5. The molecule has 0 atom stereocenters. The maximum absolute atomic E-state index is 14.0. The van der Waals surface area contributed by atoms with Crippen molar-refractivity contribution in [1.29, 1.82) is 0 Å². The zero-order valence-corrected chi connectivity index (χ0v) is 26.9. The monoisotopic (exact) mass is 592 g/mol. The molecule has 2 aromatic carbocycles. The number of benzene rings is 2. The smallest absolute Gasteiger partial charge is 0.254 e. The summed E-state index contributed by atoms with van der Waals surface area (Å²) >= 11 is 0. The fourth-order valence-corrected chi connectivity index (χ4v) is 5.72. The number of hydrogen-bond acceptors (Lipinski definition) is 5. The number of nitrogens with zero attached hydrogens (tertiary/aromatic N) is 2. The van der Waals surface area contributed by atoms with Crippen molar-refractivity contribution in [1.82, 2.24) is 9.47 Å². The Hall–Kier alpha value is -3.65. The quantitative estimate of drug-likeness (QED) is 0.319. The van der Waals surface area contributed by atoms with Gasteiger partial charge in [0.1, 0.15) is 23.1 Å². The lowest BCUT2D eigenvalue weighted by molar-refractivity contribution is -0.141. The van der Waals surface area contributed by atoms with Crippen LogP contribution in [-0.4, -0.2) is 39.7 Å². The van der Waals surface area contributed by atoms with Crippen LogP contribution in [0.25, 0.3) is 11.1 Å². The number of amides is 1. The number of aryl methyl sites for hydroxylation is 3. The van der Waals surface area contributed by atoms with Crippen molar-refractivity contribution in [3.8, 4) is 28.4 Å². The standard InChI is InChI=1S/C35H45FN2O5/c1-21-16-24(36)17-22(2)32(21)43-29-15-10-23(35(6,7)41)18-27(29)28-20-37(8)31(39)19-30(28)42-26-13-11-25(12-14-26)38(9)33(40)34(3,4)5/h10,15-20,25-26,41H,11-14H2,1-9H3. The molecule has 1 N–H and O–H groups in total. The number of pyridine rings is 1. The topological polar surface area (TPSA) is 81.0 Å². The van der Waals surface area contributed by atoms with E-state index in [1.54, 1.807) is 53.1 Å². The van der Waals surface area contributed by atoms with Crippen molar-refractivity contribution in [2.45, 2.75) is 91.9 Å². The van der Waals surface area contributed by atoms with E-state index in [9.17, 15) is 19.1 Å². The van der Waals surface area contributed by atoms with Crippen molar-refractivity contribution in [2.24, 2.45) is 12.5 Å². The molecular formula is C35H45FN2O5. The van der Waals surface area contributed by atoms with Crippen molar-refractivity contribution in [3.63, 3.8) is 0 Å². The normalized spacial score (nSPS) is 17.5. The molecule has 3 aromatic rings. The highest BCUT2D eigenvalue weighted by Gasteiger charge is 2.33. The van der Waals surface area contributed by atoms with Crippen LogP contribution in [0.15, 0.2) is 47.4 Å². The third kappa shape index (κ3) is 7.29. The molecule has 1 saturated carbocycles. The summed E-state index contributed by atoms with van der Waals surface area (Å²) in [4.78, 5) is 27.5. The Morgan fingerprint density at radius 1 is 0.953 bits per heavy atom. The molecule has 1 aromatic heterocycles. The van der Waals surface area contributed by atoms with Gasteiger partial charge in [0.2, 0.25) is 5.91 Å². The number of hydrogen-bond donors (Lipinski definition) is 1. The first-order valence-corrected chi connectivity index (χ1v) is 14.9. The predicted octanol–water partition coefficient (Wildman–Crippen LogP) is 7.02. The summed E-state index contributed by atoms with van der Waals surface area (Å²) in [5.41, 5.74) is 1.45. The summed E-state index contributed by atoms with van der Waals surface area (Å²) in [5, 5.41) is 10.9. The van der Waals surface area contributed by atoms with Gasteiger partial charge in [-0.3, -0.25) is 9.59 Å². The van der Waals surface area contributed by atoms with Crippen LogP contribution in [0, 0.1) is 25.1 Å². The van der Waals surface area contributed by atoms with Gasteiger partial charge in [0.05, 0.1) is 11.7 Å². The molecule has 1 aliphatic rings. The number of halogens is 1. The molecule has 7 nitrogen and oxygen atoms in total. The van der Waals surface area contributed by atoms with Crippen LogP contribution >= 0.6 is 0 Å². The van der Waals surface area contributed by atoms with Crippen LogP contribution in [-0.2, 0) is 17.4 Å². The minimum Gasteiger partial charge on any atom is -0.490 e. The molecule has 1 heterocycles. The lowest BCUT2D eigenvalue weighted by atomic mass is 9.89. The minimum absolute atomic E-state index is 0.122. The summed E-state index contributed by atoms with van der Waals surface area (Å²) in [7, 11) is 3.55. The fraction of sp³-hybridized carbons (Fsp3) is 0.486. The maximum Gasteiger partial charge on any atom is 0.254 e. The SMILES string of the molecule is Cc1cc(F)cc(C)c1Oc1ccc(C(C)(C)O)cc1-c1cn(C)c(=O)cc1OC1CCC(N(C)C(=O)C(C)(C)C)CC1. The Kier molecular flexibility index (Phi) is 9.12. The van der Waals surface area contributed by atoms with Crippen molar-refractivity contribution >= 4 is 5.91 Å². The molecule has 0 radical (unpaired) electrons. The molecule has 0 unspecified atom stereocenters. The van der Waals surface area contributed by atoms with Gasteiger partial charge in [-0.2, -0.15) is 0 Å². The molecular weight excluding hydrogens is 547 g/mol. The first-order chi connectivity index (χ1) is 20.0. The lowest BCUT2D eigenvalue weighted by Gasteiger charge is -2.37. The second-order valence-corrected chi connectivity index (χ2v) is 13.5.